The third-order valence-corrected chi connectivity index (χ3v) is 4.02. The lowest BCUT2D eigenvalue weighted by atomic mass is 10.0. The second-order valence-corrected chi connectivity index (χ2v) is 6.24. The van der Waals surface area contributed by atoms with Crippen LogP contribution >= 0.6 is 0 Å². The van der Waals surface area contributed by atoms with Gasteiger partial charge in [0.05, 0.1) is 5.56 Å². The predicted octanol–water partition coefficient (Wildman–Crippen LogP) is 4.34. The van der Waals surface area contributed by atoms with E-state index in [1.54, 1.807) is 12.1 Å². The normalized spacial score (nSPS) is 11.6. The number of aryl methyl sites for hydroxylation is 1. The molecule has 1 aromatic rings. The highest BCUT2D eigenvalue weighted by atomic mass is 16.4. The van der Waals surface area contributed by atoms with Gasteiger partial charge in [-0.2, -0.15) is 0 Å². The summed E-state index contributed by atoms with van der Waals surface area (Å²) in [7, 11) is 0. The number of rotatable bonds is 8. The molecule has 0 fully saturated rings. The summed E-state index contributed by atoms with van der Waals surface area (Å²) in [6.45, 7) is 12.9. The first-order valence-electron chi connectivity index (χ1n) is 7.95. The van der Waals surface area contributed by atoms with Crippen molar-refractivity contribution in [2.24, 2.45) is 5.92 Å². The number of aromatic carboxylic acids is 1. The third kappa shape index (κ3) is 5.16. The topological polar surface area (TPSA) is 40.5 Å². The summed E-state index contributed by atoms with van der Waals surface area (Å²) in [5.41, 5.74) is 2.66. The Bertz CT molecular complexity index is 464. The Labute approximate surface area is 129 Å². The van der Waals surface area contributed by atoms with Gasteiger partial charge in [0, 0.05) is 19.1 Å². The molecule has 0 unspecified atom stereocenters. The van der Waals surface area contributed by atoms with E-state index in [2.05, 4.69) is 32.6 Å². The number of hydrogen-bond donors (Lipinski definition) is 1. The van der Waals surface area contributed by atoms with Crippen LogP contribution in [0, 0.1) is 12.8 Å². The molecule has 3 heteroatoms. The lowest BCUT2D eigenvalue weighted by molar-refractivity contribution is 0.0696. The van der Waals surface area contributed by atoms with E-state index >= 15 is 0 Å². The summed E-state index contributed by atoms with van der Waals surface area (Å²) >= 11 is 0. The maximum atomic E-state index is 11.0. The Hall–Kier alpha value is -1.35. The largest absolute Gasteiger partial charge is 0.478 e. The van der Waals surface area contributed by atoms with Crippen molar-refractivity contribution in [3.8, 4) is 0 Å². The number of nitrogens with zero attached hydrogens (tertiary/aromatic N) is 1. The number of carboxylic acids is 1. The molecular formula is C18H29NO2. The van der Waals surface area contributed by atoms with E-state index < -0.39 is 5.97 Å². The van der Waals surface area contributed by atoms with Crippen molar-refractivity contribution in [1.82, 2.24) is 4.90 Å². The molecule has 0 amide bonds. The van der Waals surface area contributed by atoms with Crippen LogP contribution in [0.25, 0.3) is 0 Å². The fourth-order valence-electron chi connectivity index (χ4n) is 2.84. The molecule has 0 aliphatic carbocycles. The van der Waals surface area contributed by atoms with E-state index in [9.17, 15) is 4.79 Å². The van der Waals surface area contributed by atoms with Crippen molar-refractivity contribution >= 4 is 5.97 Å². The zero-order valence-electron chi connectivity index (χ0n) is 14.0. The van der Waals surface area contributed by atoms with E-state index in [1.165, 1.54) is 5.56 Å². The van der Waals surface area contributed by atoms with Crippen molar-refractivity contribution in [2.75, 3.05) is 6.54 Å². The van der Waals surface area contributed by atoms with Gasteiger partial charge in [0.25, 0.3) is 0 Å². The highest BCUT2D eigenvalue weighted by Crippen LogP contribution is 2.19. The van der Waals surface area contributed by atoms with Crippen LogP contribution in [0.3, 0.4) is 0 Å². The molecule has 0 bridgehead atoms. The van der Waals surface area contributed by atoms with Crippen molar-refractivity contribution < 1.29 is 9.90 Å². The molecule has 118 valence electrons. The molecule has 3 nitrogen and oxygen atoms in total. The monoisotopic (exact) mass is 291 g/mol. The standard InChI is InChI=1S/C18H29NO2/c1-6-17(7-2)19(11-13(3)4)12-16-9-8-15(18(20)21)10-14(16)5/h8-10,13,17H,6-7,11-12H2,1-5H3,(H,20,21). The van der Waals surface area contributed by atoms with E-state index in [1.807, 2.05) is 13.0 Å². The third-order valence-electron chi connectivity index (χ3n) is 4.02. The van der Waals surface area contributed by atoms with Gasteiger partial charge in [-0.25, -0.2) is 4.79 Å². The first kappa shape index (κ1) is 17.7. The maximum Gasteiger partial charge on any atom is 0.335 e. The smallest absolute Gasteiger partial charge is 0.335 e. The van der Waals surface area contributed by atoms with Crippen molar-refractivity contribution in [3.63, 3.8) is 0 Å². The molecule has 0 aromatic heterocycles. The second kappa shape index (κ2) is 8.18. The average molecular weight is 291 g/mol. The summed E-state index contributed by atoms with van der Waals surface area (Å²) in [5.74, 6) is -0.229. The fourth-order valence-corrected chi connectivity index (χ4v) is 2.84. The lowest BCUT2D eigenvalue weighted by Crippen LogP contribution is -2.36. The van der Waals surface area contributed by atoms with Gasteiger partial charge < -0.3 is 5.11 Å². The number of hydrogen-bond acceptors (Lipinski definition) is 2. The Morgan fingerprint density at radius 1 is 1.24 bits per heavy atom. The fraction of sp³-hybridized carbons (Fsp3) is 0.611. The lowest BCUT2D eigenvalue weighted by Gasteiger charge is -2.32. The molecule has 0 saturated carbocycles. The van der Waals surface area contributed by atoms with Crippen LogP contribution in [0.2, 0.25) is 0 Å². The molecule has 0 spiro atoms. The molecule has 0 saturated heterocycles. The van der Waals surface area contributed by atoms with Crippen molar-refractivity contribution in [1.29, 1.82) is 0 Å². The van der Waals surface area contributed by atoms with Gasteiger partial charge >= 0.3 is 5.97 Å². The van der Waals surface area contributed by atoms with E-state index in [0.29, 0.717) is 17.5 Å². The zero-order chi connectivity index (χ0) is 16.0. The van der Waals surface area contributed by atoms with Crippen LogP contribution in [0.1, 0.15) is 62.0 Å². The minimum absolute atomic E-state index is 0.370. The average Bonchev–Trinajstić information content (AvgIpc) is 2.41. The first-order chi connectivity index (χ1) is 9.88. The molecular weight excluding hydrogens is 262 g/mol. The van der Waals surface area contributed by atoms with E-state index in [-0.39, 0.29) is 0 Å². The van der Waals surface area contributed by atoms with Crippen LogP contribution in [0.4, 0.5) is 0 Å². The van der Waals surface area contributed by atoms with Crippen molar-refractivity contribution in [2.45, 2.75) is 60.0 Å². The molecule has 0 aliphatic heterocycles. The first-order valence-corrected chi connectivity index (χ1v) is 7.95. The minimum Gasteiger partial charge on any atom is -0.478 e. The van der Waals surface area contributed by atoms with Crippen LogP contribution in [0.15, 0.2) is 18.2 Å². The van der Waals surface area contributed by atoms with E-state index in [0.717, 1.165) is 31.5 Å². The molecule has 0 aliphatic rings. The molecule has 0 radical (unpaired) electrons. The second-order valence-electron chi connectivity index (χ2n) is 6.24. The van der Waals surface area contributed by atoms with Gasteiger partial charge in [0.1, 0.15) is 0 Å². The molecule has 1 N–H and O–H groups in total. The van der Waals surface area contributed by atoms with Crippen LogP contribution in [-0.2, 0) is 6.54 Å². The van der Waals surface area contributed by atoms with Gasteiger partial charge in [-0.05, 0) is 48.9 Å². The summed E-state index contributed by atoms with van der Waals surface area (Å²) in [6, 6.07) is 6.04. The molecule has 0 atom stereocenters. The van der Waals surface area contributed by atoms with Crippen LogP contribution in [-0.4, -0.2) is 28.6 Å². The van der Waals surface area contributed by atoms with Crippen molar-refractivity contribution in [3.05, 3.63) is 34.9 Å². The minimum atomic E-state index is -0.858. The summed E-state index contributed by atoms with van der Waals surface area (Å²) < 4.78 is 0. The summed E-state index contributed by atoms with van der Waals surface area (Å²) in [4.78, 5) is 13.6. The number of carboxylic acid groups (broad SMARTS) is 1. The Morgan fingerprint density at radius 2 is 1.86 bits per heavy atom. The number of benzene rings is 1. The summed E-state index contributed by atoms with van der Waals surface area (Å²) in [5, 5.41) is 9.05. The van der Waals surface area contributed by atoms with Gasteiger partial charge in [0.2, 0.25) is 0 Å². The number of carbonyl (C=O) groups is 1. The van der Waals surface area contributed by atoms with Gasteiger partial charge in [-0.1, -0.05) is 33.8 Å². The van der Waals surface area contributed by atoms with Gasteiger partial charge in [-0.3, -0.25) is 4.90 Å². The Balaban J connectivity index is 2.94. The van der Waals surface area contributed by atoms with Gasteiger partial charge in [-0.15, -0.1) is 0 Å². The Morgan fingerprint density at radius 3 is 2.29 bits per heavy atom. The highest BCUT2D eigenvalue weighted by Gasteiger charge is 2.17. The quantitative estimate of drug-likeness (QED) is 0.774. The van der Waals surface area contributed by atoms with E-state index in [4.69, 9.17) is 5.11 Å². The molecule has 1 aromatic carbocycles. The highest BCUT2D eigenvalue weighted by molar-refractivity contribution is 5.87. The van der Waals surface area contributed by atoms with Crippen LogP contribution in [0.5, 0.6) is 0 Å². The zero-order valence-corrected chi connectivity index (χ0v) is 14.0. The molecule has 1 rings (SSSR count). The maximum absolute atomic E-state index is 11.0. The molecule has 21 heavy (non-hydrogen) atoms. The summed E-state index contributed by atoms with van der Waals surface area (Å²) in [6.07, 6.45) is 2.30. The SMILES string of the molecule is CCC(CC)N(Cc1ccc(C(=O)O)cc1C)CC(C)C. The predicted molar refractivity (Wildman–Crippen MR) is 87.8 cm³/mol. The molecule has 0 heterocycles. The van der Waals surface area contributed by atoms with Gasteiger partial charge in [0.15, 0.2) is 0 Å². The van der Waals surface area contributed by atoms with Crippen LogP contribution < -0.4 is 0 Å². The Kier molecular flexibility index (Phi) is 6.90.